The van der Waals surface area contributed by atoms with Gasteiger partial charge in [0.05, 0.1) is 23.4 Å². The zero-order valence-corrected chi connectivity index (χ0v) is 18.7. The molecule has 0 saturated heterocycles. The van der Waals surface area contributed by atoms with E-state index in [9.17, 15) is 13.2 Å². The first-order valence-corrected chi connectivity index (χ1v) is 11.4. The van der Waals surface area contributed by atoms with E-state index in [0.29, 0.717) is 16.9 Å². The molecule has 1 aliphatic carbocycles. The first kappa shape index (κ1) is 21.5. The van der Waals surface area contributed by atoms with Crippen LogP contribution >= 0.6 is 0 Å². The highest BCUT2D eigenvalue weighted by atomic mass is 32.2. The molecule has 0 spiro atoms. The molecule has 0 aromatic heterocycles. The summed E-state index contributed by atoms with van der Waals surface area (Å²) in [6.07, 6.45) is 1.49. The minimum Gasteiger partial charge on any atom is -0.497 e. The topological polar surface area (TPSA) is 84.8 Å². The number of methoxy groups -OCH3 is 1. The minimum absolute atomic E-state index is 0.0391. The molecule has 162 valence electrons. The first-order chi connectivity index (χ1) is 15.3. The summed E-state index contributed by atoms with van der Waals surface area (Å²) >= 11 is 0. The number of nitrogens with zero attached hydrogens (tertiary/aromatic N) is 1. The van der Waals surface area contributed by atoms with Crippen molar-refractivity contribution in [1.82, 2.24) is 0 Å². The third-order valence-corrected chi connectivity index (χ3v) is 6.64. The third kappa shape index (κ3) is 4.20. The van der Waals surface area contributed by atoms with Gasteiger partial charge in [-0.3, -0.25) is 4.79 Å². The van der Waals surface area contributed by atoms with Crippen LogP contribution in [-0.2, 0) is 10.0 Å². The van der Waals surface area contributed by atoms with Crippen molar-refractivity contribution in [2.24, 2.45) is 4.40 Å². The molecular weight excluding hydrogens is 424 g/mol. The van der Waals surface area contributed by atoms with Gasteiger partial charge in [-0.2, -0.15) is 12.8 Å². The molecule has 4 rings (SSSR count). The molecule has 32 heavy (non-hydrogen) atoms. The predicted molar refractivity (Wildman–Crippen MR) is 125 cm³/mol. The van der Waals surface area contributed by atoms with E-state index in [4.69, 9.17) is 4.74 Å². The van der Waals surface area contributed by atoms with Gasteiger partial charge >= 0.3 is 0 Å². The molecule has 1 N–H and O–H groups in total. The van der Waals surface area contributed by atoms with Crippen LogP contribution < -0.4 is 10.1 Å². The van der Waals surface area contributed by atoms with E-state index in [0.717, 1.165) is 16.8 Å². The molecule has 0 bridgehead atoms. The fourth-order valence-electron chi connectivity index (χ4n) is 3.40. The van der Waals surface area contributed by atoms with Crippen LogP contribution in [0.3, 0.4) is 0 Å². The Bertz CT molecular complexity index is 1370. The lowest BCUT2D eigenvalue weighted by atomic mass is 9.92. The Morgan fingerprint density at radius 1 is 0.875 bits per heavy atom. The number of sulfonamides is 1. The highest BCUT2D eigenvalue weighted by Gasteiger charge is 2.26. The summed E-state index contributed by atoms with van der Waals surface area (Å²) < 4.78 is 35.1. The Balaban J connectivity index is 1.79. The highest BCUT2D eigenvalue weighted by molar-refractivity contribution is 7.90. The molecule has 0 amide bonds. The monoisotopic (exact) mass is 446 g/mol. The van der Waals surface area contributed by atoms with E-state index < -0.39 is 10.0 Å². The molecule has 0 unspecified atom stereocenters. The van der Waals surface area contributed by atoms with E-state index in [2.05, 4.69) is 9.71 Å². The van der Waals surface area contributed by atoms with Gasteiger partial charge in [-0.25, -0.2) is 0 Å². The number of aryl methyl sites for hydroxylation is 2. The second-order valence-corrected chi connectivity index (χ2v) is 9.09. The van der Waals surface area contributed by atoms with Gasteiger partial charge in [0.25, 0.3) is 10.0 Å². The lowest BCUT2D eigenvalue weighted by molar-refractivity contribution is 0.103. The van der Waals surface area contributed by atoms with E-state index in [1.165, 1.54) is 25.3 Å². The minimum atomic E-state index is -4.00. The van der Waals surface area contributed by atoms with Crippen molar-refractivity contribution in [3.63, 3.8) is 0 Å². The van der Waals surface area contributed by atoms with Crippen LogP contribution in [0.25, 0.3) is 0 Å². The number of ether oxygens (including phenoxy) is 1. The normalized spacial score (nSPS) is 14.7. The molecule has 0 fully saturated rings. The van der Waals surface area contributed by atoms with E-state index in [1.54, 1.807) is 36.4 Å². The Hall–Kier alpha value is -3.71. The zero-order chi connectivity index (χ0) is 22.9. The van der Waals surface area contributed by atoms with Gasteiger partial charge in [0, 0.05) is 16.8 Å². The number of hydrogen-bond acceptors (Lipinski definition) is 5. The third-order valence-electron chi connectivity index (χ3n) is 5.34. The largest absolute Gasteiger partial charge is 0.497 e. The van der Waals surface area contributed by atoms with Gasteiger partial charge in [-0.1, -0.05) is 30.3 Å². The summed E-state index contributed by atoms with van der Waals surface area (Å²) in [7, 11) is -2.50. The van der Waals surface area contributed by atoms with E-state index >= 15 is 0 Å². The lowest BCUT2D eigenvalue weighted by Crippen LogP contribution is -2.22. The Kier molecular flexibility index (Phi) is 5.67. The molecule has 0 heterocycles. The number of anilines is 1. The van der Waals surface area contributed by atoms with Crippen LogP contribution in [0.5, 0.6) is 5.75 Å². The number of rotatable bonds is 5. The SMILES string of the molecule is COc1ccc(S(=O)(=O)/N=C2/C=C(Nc3ccc(C)c(C)c3)C(=O)c3ccccc32)cc1. The molecule has 0 saturated carbocycles. The second kappa shape index (κ2) is 8.43. The van der Waals surface area contributed by atoms with Crippen molar-refractivity contribution < 1.29 is 17.9 Å². The van der Waals surface area contributed by atoms with E-state index in [-0.39, 0.29) is 22.1 Å². The van der Waals surface area contributed by atoms with E-state index in [1.807, 2.05) is 32.0 Å². The standard InChI is InChI=1S/C25H22N2O4S/c1-16-8-9-18(14-17(16)2)26-24-15-23(21-6-4-5-7-22(21)25(24)28)27-32(29,30)20-12-10-19(31-3)11-13-20/h4-15,26H,1-3H3/b27-23-. The number of carbonyl (C=O) groups excluding carboxylic acids is 1. The van der Waals surface area contributed by atoms with Crippen molar-refractivity contribution in [1.29, 1.82) is 0 Å². The maximum atomic E-state index is 13.1. The van der Waals surface area contributed by atoms with Crippen LogP contribution in [0.2, 0.25) is 0 Å². The van der Waals surface area contributed by atoms with Crippen LogP contribution in [0.4, 0.5) is 5.69 Å². The quantitative estimate of drug-likeness (QED) is 0.615. The molecule has 0 aliphatic heterocycles. The maximum Gasteiger partial charge on any atom is 0.282 e. The summed E-state index contributed by atoms with van der Waals surface area (Å²) in [5.74, 6) is 0.324. The van der Waals surface area contributed by atoms with Gasteiger partial charge in [0.2, 0.25) is 5.78 Å². The zero-order valence-electron chi connectivity index (χ0n) is 17.9. The molecule has 1 aliphatic rings. The van der Waals surface area contributed by atoms with Crippen molar-refractivity contribution in [2.45, 2.75) is 18.7 Å². The average molecular weight is 447 g/mol. The maximum absolute atomic E-state index is 13.1. The summed E-state index contributed by atoms with van der Waals surface area (Å²) in [5, 5.41) is 3.13. The molecule has 0 radical (unpaired) electrons. The average Bonchev–Trinajstić information content (AvgIpc) is 2.79. The van der Waals surface area contributed by atoms with Gasteiger partial charge in [-0.05, 0) is 67.4 Å². The number of ketones is 1. The van der Waals surface area contributed by atoms with Crippen molar-refractivity contribution in [2.75, 3.05) is 12.4 Å². The number of Topliss-reactive ketones (excluding diaryl/α,β-unsaturated/α-hetero) is 1. The summed E-state index contributed by atoms with van der Waals surface area (Å²) in [6, 6.07) is 18.6. The predicted octanol–water partition coefficient (Wildman–Crippen LogP) is 4.68. The Morgan fingerprint density at radius 2 is 1.56 bits per heavy atom. The number of benzene rings is 3. The van der Waals surface area contributed by atoms with Crippen molar-refractivity contribution in [3.8, 4) is 5.75 Å². The molecule has 3 aromatic carbocycles. The number of nitrogens with one attached hydrogen (secondary N) is 1. The van der Waals surface area contributed by atoms with Crippen LogP contribution in [-0.4, -0.2) is 27.0 Å². The van der Waals surface area contributed by atoms with Gasteiger partial charge in [0.1, 0.15) is 5.75 Å². The number of hydrogen-bond donors (Lipinski definition) is 1. The fourth-order valence-corrected chi connectivity index (χ4v) is 4.40. The first-order valence-electron chi connectivity index (χ1n) is 9.97. The Morgan fingerprint density at radius 3 is 2.22 bits per heavy atom. The molecular formula is C25H22N2O4S. The number of allylic oxidation sites excluding steroid dienone is 2. The van der Waals surface area contributed by atoms with Crippen LogP contribution in [0.1, 0.15) is 27.0 Å². The fraction of sp³-hybridized carbons (Fsp3) is 0.120. The lowest BCUT2D eigenvalue weighted by Gasteiger charge is -2.19. The smallest absolute Gasteiger partial charge is 0.282 e. The number of fused-ring (bicyclic) bond motifs is 1. The van der Waals surface area contributed by atoms with Crippen molar-refractivity contribution >= 4 is 27.2 Å². The second-order valence-electron chi connectivity index (χ2n) is 7.48. The number of carbonyl (C=O) groups is 1. The molecule has 6 nitrogen and oxygen atoms in total. The van der Waals surface area contributed by atoms with Crippen LogP contribution in [0.15, 0.2) is 87.8 Å². The van der Waals surface area contributed by atoms with Gasteiger partial charge in [0.15, 0.2) is 0 Å². The summed E-state index contributed by atoms with van der Waals surface area (Å²) in [5.41, 5.74) is 4.28. The Labute approximate surface area is 187 Å². The summed E-state index contributed by atoms with van der Waals surface area (Å²) in [6.45, 7) is 4.00. The van der Waals surface area contributed by atoms with Crippen molar-refractivity contribution in [3.05, 3.63) is 101 Å². The molecule has 3 aromatic rings. The van der Waals surface area contributed by atoms with Gasteiger partial charge < -0.3 is 10.1 Å². The highest BCUT2D eigenvalue weighted by Crippen LogP contribution is 2.26. The molecule has 0 atom stereocenters. The molecule has 7 heteroatoms. The van der Waals surface area contributed by atoms with Gasteiger partial charge in [-0.15, -0.1) is 0 Å². The summed E-state index contributed by atoms with van der Waals surface area (Å²) in [4.78, 5) is 13.1. The van der Waals surface area contributed by atoms with Crippen LogP contribution in [0, 0.1) is 13.8 Å².